The molecule has 30 heavy (non-hydrogen) atoms. The van der Waals surface area contributed by atoms with E-state index in [4.69, 9.17) is 16.3 Å². The van der Waals surface area contributed by atoms with Crippen molar-refractivity contribution >= 4 is 29.1 Å². The minimum atomic E-state index is -0.642. The molecule has 0 fully saturated rings. The Labute approximate surface area is 178 Å². The van der Waals surface area contributed by atoms with Gasteiger partial charge in [0.05, 0.1) is 6.04 Å². The molecule has 0 saturated carbocycles. The van der Waals surface area contributed by atoms with Crippen molar-refractivity contribution in [2.24, 2.45) is 0 Å². The van der Waals surface area contributed by atoms with Crippen molar-refractivity contribution in [1.29, 1.82) is 0 Å². The lowest BCUT2D eigenvalue weighted by atomic mass is 9.95. The van der Waals surface area contributed by atoms with E-state index in [0.717, 1.165) is 5.56 Å². The summed E-state index contributed by atoms with van der Waals surface area (Å²) in [6.07, 6.45) is 0. The first-order chi connectivity index (χ1) is 14.5. The fourth-order valence-corrected chi connectivity index (χ4v) is 3.59. The van der Waals surface area contributed by atoms with E-state index in [1.165, 1.54) is 23.1 Å². The summed E-state index contributed by atoms with van der Waals surface area (Å²) >= 11 is 5.87. The predicted molar refractivity (Wildman–Crippen MR) is 112 cm³/mol. The lowest BCUT2D eigenvalue weighted by Gasteiger charge is -2.30. The van der Waals surface area contributed by atoms with Gasteiger partial charge in [-0.1, -0.05) is 41.9 Å². The molecular formula is C23H18ClFN2O3. The predicted octanol–water partition coefficient (Wildman–Crippen LogP) is 4.43. The lowest BCUT2D eigenvalue weighted by Crippen LogP contribution is -2.41. The van der Waals surface area contributed by atoms with E-state index in [2.05, 4.69) is 5.32 Å². The number of rotatable bonds is 4. The van der Waals surface area contributed by atoms with Gasteiger partial charge >= 0.3 is 0 Å². The number of anilines is 1. The van der Waals surface area contributed by atoms with Crippen LogP contribution in [0.4, 0.5) is 10.1 Å². The van der Waals surface area contributed by atoms with Gasteiger partial charge in [0.15, 0.2) is 6.61 Å². The molecule has 0 spiro atoms. The lowest BCUT2D eigenvalue weighted by molar-refractivity contribution is -0.138. The highest BCUT2D eigenvalue weighted by molar-refractivity contribution is 6.30. The van der Waals surface area contributed by atoms with E-state index in [9.17, 15) is 14.0 Å². The van der Waals surface area contributed by atoms with Gasteiger partial charge in [0, 0.05) is 16.3 Å². The van der Waals surface area contributed by atoms with Crippen LogP contribution in [-0.2, 0) is 9.59 Å². The average Bonchev–Trinajstić information content (AvgIpc) is 2.89. The van der Waals surface area contributed by atoms with Crippen LogP contribution in [0.2, 0.25) is 5.02 Å². The second kappa shape index (κ2) is 8.55. The van der Waals surface area contributed by atoms with Gasteiger partial charge in [0.1, 0.15) is 18.1 Å². The second-order valence-corrected chi connectivity index (χ2v) is 7.29. The average molecular weight is 425 g/mol. The van der Waals surface area contributed by atoms with E-state index >= 15 is 0 Å². The van der Waals surface area contributed by atoms with Crippen molar-refractivity contribution in [2.45, 2.75) is 6.04 Å². The Kier molecular flexibility index (Phi) is 5.68. The first kappa shape index (κ1) is 19.9. The first-order valence-electron chi connectivity index (χ1n) is 9.33. The molecule has 1 unspecified atom stereocenters. The molecule has 0 aromatic heterocycles. The van der Waals surface area contributed by atoms with Crippen LogP contribution in [0, 0.1) is 5.82 Å². The Morgan fingerprint density at radius 3 is 2.57 bits per heavy atom. The van der Waals surface area contributed by atoms with Gasteiger partial charge in [-0.15, -0.1) is 0 Å². The van der Waals surface area contributed by atoms with Crippen LogP contribution in [0.25, 0.3) is 0 Å². The number of amides is 2. The van der Waals surface area contributed by atoms with Crippen molar-refractivity contribution in [3.8, 4) is 5.75 Å². The molecule has 4 rings (SSSR count). The third-order valence-corrected chi connectivity index (χ3v) is 5.07. The van der Waals surface area contributed by atoms with Gasteiger partial charge in [-0.3, -0.25) is 9.59 Å². The molecule has 1 heterocycles. The summed E-state index contributed by atoms with van der Waals surface area (Å²) in [5, 5.41) is 3.32. The number of fused-ring (bicyclic) bond motifs is 1. The third kappa shape index (κ3) is 4.28. The molecule has 152 valence electrons. The summed E-state index contributed by atoms with van der Waals surface area (Å²) in [7, 11) is 0. The zero-order chi connectivity index (χ0) is 21.1. The maximum absolute atomic E-state index is 14.1. The number of carbonyl (C=O) groups is 2. The molecule has 1 aliphatic heterocycles. The van der Waals surface area contributed by atoms with Crippen molar-refractivity contribution in [2.75, 3.05) is 18.5 Å². The van der Waals surface area contributed by atoms with Crippen LogP contribution in [0.3, 0.4) is 0 Å². The molecule has 1 aliphatic rings. The molecule has 0 radical (unpaired) electrons. The van der Waals surface area contributed by atoms with Crippen molar-refractivity contribution in [3.63, 3.8) is 0 Å². The van der Waals surface area contributed by atoms with E-state index in [1.54, 1.807) is 24.3 Å². The molecule has 0 aliphatic carbocycles. The summed E-state index contributed by atoms with van der Waals surface area (Å²) in [5.41, 5.74) is 1.75. The molecule has 3 aromatic carbocycles. The first-order valence-corrected chi connectivity index (χ1v) is 9.71. The Hall–Kier alpha value is -3.38. The molecule has 1 N–H and O–H groups in total. The quantitative estimate of drug-likeness (QED) is 0.674. The number of hydrogen-bond acceptors (Lipinski definition) is 3. The van der Waals surface area contributed by atoms with Gasteiger partial charge in [-0.25, -0.2) is 4.39 Å². The summed E-state index contributed by atoms with van der Waals surface area (Å²) in [6.45, 7) is -0.457. The minimum Gasteiger partial charge on any atom is -0.484 e. The highest BCUT2D eigenvalue weighted by Gasteiger charge is 2.33. The Bertz CT molecular complexity index is 1070. The number of benzene rings is 3. The number of nitrogens with one attached hydrogen (secondary N) is 1. The minimum absolute atomic E-state index is 0.182. The summed E-state index contributed by atoms with van der Waals surface area (Å²) in [6, 6.07) is 19.3. The maximum atomic E-state index is 14.1. The third-order valence-electron chi connectivity index (χ3n) is 4.82. The molecule has 2 amide bonds. The second-order valence-electron chi connectivity index (χ2n) is 6.86. The Balaban J connectivity index is 1.69. The molecule has 0 bridgehead atoms. The van der Waals surface area contributed by atoms with E-state index < -0.39 is 17.8 Å². The van der Waals surface area contributed by atoms with E-state index in [1.807, 2.05) is 30.3 Å². The van der Waals surface area contributed by atoms with Crippen LogP contribution in [-0.4, -0.2) is 29.9 Å². The topological polar surface area (TPSA) is 58.6 Å². The fraction of sp³-hybridized carbons (Fsp3) is 0.130. The standard InChI is InChI=1S/C23H18ClFN2O3/c24-16-6-9-18(10-7-16)30-14-22(29)27-13-21(28)26-20-11-8-17(25)12-19(20)23(27)15-4-2-1-3-5-15/h1-12,23H,13-14H2,(H,26,28). The van der Waals surface area contributed by atoms with Gasteiger partial charge in [0.25, 0.3) is 5.91 Å². The van der Waals surface area contributed by atoms with Gasteiger partial charge in [-0.2, -0.15) is 0 Å². The number of nitrogens with zero attached hydrogens (tertiary/aromatic N) is 1. The zero-order valence-electron chi connectivity index (χ0n) is 15.8. The normalized spacial score (nSPS) is 15.7. The smallest absolute Gasteiger partial charge is 0.261 e. The summed E-state index contributed by atoms with van der Waals surface area (Å²) in [5.74, 6) is -0.724. The van der Waals surface area contributed by atoms with Crippen LogP contribution in [0.1, 0.15) is 17.2 Å². The largest absolute Gasteiger partial charge is 0.484 e. The molecule has 0 saturated heterocycles. The van der Waals surface area contributed by atoms with Crippen molar-refractivity contribution in [1.82, 2.24) is 4.90 Å². The van der Waals surface area contributed by atoms with Crippen molar-refractivity contribution in [3.05, 3.63) is 94.8 Å². The summed E-state index contributed by atoms with van der Waals surface area (Å²) < 4.78 is 19.7. The number of halogens is 2. The molecule has 1 atom stereocenters. The SMILES string of the molecule is O=C1CN(C(=O)COc2ccc(Cl)cc2)C(c2ccccc2)c2cc(F)ccc2N1. The van der Waals surface area contributed by atoms with Crippen LogP contribution in [0.15, 0.2) is 72.8 Å². The number of hydrogen-bond donors (Lipinski definition) is 1. The highest BCUT2D eigenvalue weighted by Crippen LogP contribution is 2.36. The Morgan fingerprint density at radius 2 is 1.83 bits per heavy atom. The van der Waals surface area contributed by atoms with Gasteiger partial charge in [0.2, 0.25) is 5.91 Å². The van der Waals surface area contributed by atoms with Gasteiger partial charge in [-0.05, 0) is 48.0 Å². The maximum Gasteiger partial charge on any atom is 0.261 e. The molecule has 7 heteroatoms. The number of ether oxygens (including phenoxy) is 1. The Morgan fingerprint density at radius 1 is 1.10 bits per heavy atom. The number of carbonyl (C=O) groups excluding carboxylic acids is 2. The molecule has 3 aromatic rings. The van der Waals surface area contributed by atoms with Crippen LogP contribution < -0.4 is 10.1 Å². The van der Waals surface area contributed by atoms with Crippen LogP contribution in [0.5, 0.6) is 5.75 Å². The molecular weight excluding hydrogens is 407 g/mol. The van der Waals surface area contributed by atoms with Crippen LogP contribution >= 0.6 is 11.6 Å². The van der Waals surface area contributed by atoms with E-state index in [-0.39, 0.29) is 19.1 Å². The highest BCUT2D eigenvalue weighted by atomic mass is 35.5. The fourth-order valence-electron chi connectivity index (χ4n) is 3.46. The summed E-state index contributed by atoms with van der Waals surface area (Å²) in [4.78, 5) is 27.0. The van der Waals surface area contributed by atoms with Crippen molar-refractivity contribution < 1.29 is 18.7 Å². The zero-order valence-corrected chi connectivity index (χ0v) is 16.6. The van der Waals surface area contributed by atoms with Gasteiger partial charge < -0.3 is 15.0 Å². The monoisotopic (exact) mass is 424 g/mol. The molecule has 5 nitrogen and oxygen atoms in total. The van der Waals surface area contributed by atoms with E-state index in [0.29, 0.717) is 22.0 Å².